The molecule has 3 aromatic heterocycles. The lowest BCUT2D eigenvalue weighted by Crippen LogP contribution is -2.36. The van der Waals surface area contributed by atoms with Crippen molar-refractivity contribution in [3.05, 3.63) is 197 Å². The van der Waals surface area contributed by atoms with Gasteiger partial charge in [0.15, 0.2) is 5.69 Å². The highest BCUT2D eigenvalue weighted by atomic mass is 127. The zero-order valence-electron chi connectivity index (χ0n) is 85.6. The van der Waals surface area contributed by atoms with Crippen LogP contribution in [0.1, 0.15) is 207 Å². The molecule has 5 fully saturated rings. The molecule has 0 radical (unpaired) electrons. The van der Waals surface area contributed by atoms with Crippen LogP contribution in [0.25, 0.3) is 33.8 Å². The van der Waals surface area contributed by atoms with Gasteiger partial charge < -0.3 is 81.7 Å². The molecule has 5 atom stereocenters. The van der Waals surface area contributed by atoms with E-state index in [2.05, 4.69) is 32.8 Å². The van der Waals surface area contributed by atoms with Gasteiger partial charge >= 0.3 is 48.4 Å². The number of carbonyl (C=O) groups is 8. The number of benzene rings is 6. The summed E-state index contributed by atoms with van der Waals surface area (Å²) in [4.78, 5) is 105. The zero-order chi connectivity index (χ0) is 106. The molecule has 0 spiro atoms. The quantitative estimate of drug-likeness (QED) is 0.0292. The van der Waals surface area contributed by atoms with Crippen molar-refractivity contribution in [1.29, 1.82) is 5.26 Å². The van der Waals surface area contributed by atoms with E-state index >= 15 is 0 Å². The number of β-amino-alcohol motifs (C(OH)–C–C–N with tert-alkyl or cyclic N) is 1. The van der Waals surface area contributed by atoms with Crippen LogP contribution < -0.4 is 14.2 Å². The number of aliphatic hydroxyl groups excluding tert-OH is 1. The minimum absolute atomic E-state index is 0.156. The van der Waals surface area contributed by atoms with E-state index in [1.54, 1.807) is 99.7 Å². The number of nitriles is 1. The summed E-state index contributed by atoms with van der Waals surface area (Å²) in [6, 6.07) is 56.2. The number of aliphatic hydroxyl groups is 1. The molecule has 8 heterocycles. The Balaban J connectivity index is 0.000000218. The van der Waals surface area contributed by atoms with Gasteiger partial charge in [0.05, 0.1) is 96.8 Å². The third-order valence-electron chi connectivity index (χ3n) is 20.3. The highest BCUT2D eigenvalue weighted by Gasteiger charge is 2.40. The van der Waals surface area contributed by atoms with Crippen molar-refractivity contribution in [3.8, 4) is 74.3 Å². The van der Waals surface area contributed by atoms with Crippen molar-refractivity contribution in [2.75, 3.05) is 97.8 Å². The second-order valence-electron chi connectivity index (χ2n) is 38.6. The van der Waals surface area contributed by atoms with Crippen LogP contribution in [0.3, 0.4) is 0 Å². The molecule has 38 nitrogen and oxygen atoms in total. The molecule has 782 valence electrons. The molecular weight excluding hydrogens is 2010 g/mol. The van der Waals surface area contributed by atoms with Crippen LogP contribution in [-0.4, -0.2) is 269 Å². The maximum Gasteiger partial charge on any atom is 0.410 e. The summed E-state index contributed by atoms with van der Waals surface area (Å²) < 4.78 is 117. The van der Waals surface area contributed by atoms with Crippen LogP contribution in [0.5, 0.6) is 34.5 Å². The summed E-state index contributed by atoms with van der Waals surface area (Å²) in [5.74, 6) is 3.16. The van der Waals surface area contributed by atoms with Gasteiger partial charge in [-0.05, 0) is 301 Å². The van der Waals surface area contributed by atoms with Gasteiger partial charge in [0.25, 0.3) is 20.2 Å². The molecule has 0 saturated carbocycles. The maximum atomic E-state index is 12.9. The van der Waals surface area contributed by atoms with Crippen LogP contribution in [0.4, 0.5) is 24.0 Å². The predicted molar refractivity (Wildman–Crippen MR) is 546 cm³/mol. The molecule has 5 aliphatic rings. The smallest absolute Gasteiger partial charge is 0.410 e. The molecule has 5 unspecified atom stereocenters. The average Bonchev–Trinajstić information content (AvgIpc) is 1.62. The second kappa shape index (κ2) is 53.1. The molecule has 6 aromatic carbocycles. The van der Waals surface area contributed by atoms with E-state index in [4.69, 9.17) is 75.9 Å². The molecule has 0 bridgehead atoms. The van der Waals surface area contributed by atoms with Crippen molar-refractivity contribution in [2.24, 2.45) is 0 Å². The topological polar surface area (TPSA) is 449 Å². The molecule has 144 heavy (non-hydrogen) atoms. The van der Waals surface area contributed by atoms with Gasteiger partial charge in [-0.2, -0.15) is 37.4 Å². The number of rotatable bonds is 21. The number of nitrogens with one attached hydrogen (secondary N) is 1. The van der Waals surface area contributed by atoms with E-state index in [9.17, 15) is 60.3 Å². The van der Waals surface area contributed by atoms with Crippen molar-refractivity contribution < 1.29 is 121 Å². The molecule has 14 rings (SSSR count). The van der Waals surface area contributed by atoms with Crippen molar-refractivity contribution in [3.63, 3.8) is 0 Å². The molecular formula is C103H135IN12O26S2. The van der Waals surface area contributed by atoms with Gasteiger partial charge in [-0.3, -0.25) is 22.8 Å². The molecule has 0 aliphatic carbocycles. The lowest BCUT2D eigenvalue weighted by atomic mass is 10.1. The number of aromatic nitrogens is 6. The van der Waals surface area contributed by atoms with E-state index in [1.165, 1.54) is 21.6 Å². The third-order valence-corrected chi connectivity index (χ3v) is 22.6. The number of amides is 5. The van der Waals surface area contributed by atoms with Gasteiger partial charge in [0.1, 0.15) is 79.6 Å². The Bertz CT molecular complexity index is 5900. The molecule has 5 aliphatic heterocycles. The molecule has 9 aromatic rings. The number of nitrogens with zero attached hydrogens (tertiary/aromatic N) is 11. The van der Waals surface area contributed by atoms with Crippen LogP contribution >= 0.6 is 22.6 Å². The SMILES string of the molecule is CC#N.CC(C)(C)OC(=O)N1CCC(O)C1.CC(C)(C)OC(=O)N1CCC(OS(C)(=O)=O)C1.CC(C)(C)OC(=O)N1CCC(OS(C)(=O)=O)C1.CCOC(=O)c1c(I)c(-c2ccc(Oc3ccccc3)cc2)nn1C1CCN(C(=O)OC(C)(C)C)C1.CCOC(=O)c1cc(-c2ccc(Oc3ccccc3)cc2)n[nH]1.CCOC(=O)c1cc(-c2ccc(Oc3ccccc3)cc2)nn1C1CCN(C(=O)OC(C)(C)C)C1. The zero-order valence-corrected chi connectivity index (χ0v) is 89.4. The first kappa shape index (κ1) is 116. The fourth-order valence-electron chi connectivity index (χ4n) is 14.3. The predicted octanol–water partition coefficient (Wildman–Crippen LogP) is 19.5. The van der Waals surface area contributed by atoms with Crippen LogP contribution in [0.2, 0.25) is 0 Å². The van der Waals surface area contributed by atoms with E-state index in [-0.39, 0.29) is 62.8 Å². The summed E-state index contributed by atoms with van der Waals surface area (Å²) >= 11 is 2.15. The van der Waals surface area contributed by atoms with Gasteiger partial charge in [0, 0.05) is 76.0 Å². The summed E-state index contributed by atoms with van der Waals surface area (Å²) in [6.07, 6.45) is 1.77. The van der Waals surface area contributed by atoms with E-state index in [0.717, 1.165) is 52.2 Å². The summed E-state index contributed by atoms with van der Waals surface area (Å²) in [5, 5.41) is 32.9. The number of hydrogen-bond acceptors (Lipinski definition) is 30. The standard InChI is InChI=1S/C27H30IN3O5.C27H31N3O5.C18H16N2O3.2C10H19NO5S.C9H17NO3.C2H3N/c1-5-34-25(32)24-22(28)23(18-11-13-21(14-12-18)35-20-9-7-6-8-10-20)29-31(24)19-15-16-30(17-19)26(33)36-27(2,3)4;1-5-33-25(31)24-17-23(19-11-13-22(14-12-19)34-21-9-7-6-8-10-21)28-30(24)20-15-16-29(18-20)26(32)35-27(2,3)4;1-2-22-18(21)17-12-16(19-20-17)13-8-10-15(11-9-13)23-14-6-4-3-5-7-14;2*1-10(2,3)15-9(12)11-6-5-8(7-11)16-17(4,13)14;1-9(2,3)13-8(12)10-5-4-7(11)6-10;1-2-3/h6-14,19H,5,15-17H2,1-4H3;6-14,17,20H,5,15-16,18H2,1-4H3;3-12H,2H2,1H3,(H,19,20);2*8H,5-7H2,1-4H3;7,11H,4-6H2,1-3H3;1H3. The number of aromatic amines is 1. The number of esters is 3. The molecule has 5 amide bonds. The maximum absolute atomic E-state index is 12.9. The summed E-state index contributed by atoms with van der Waals surface area (Å²) in [6.45, 7) is 39.1. The lowest BCUT2D eigenvalue weighted by molar-refractivity contribution is 0.0262. The van der Waals surface area contributed by atoms with Crippen LogP contribution in [0.15, 0.2) is 176 Å². The molecule has 5 saturated heterocycles. The van der Waals surface area contributed by atoms with Gasteiger partial charge in [-0.25, -0.2) is 38.4 Å². The monoisotopic (exact) mass is 2150 g/mol. The Morgan fingerprint density at radius 2 is 0.722 bits per heavy atom. The van der Waals surface area contributed by atoms with Crippen LogP contribution in [-0.2, 0) is 66.5 Å². The van der Waals surface area contributed by atoms with Gasteiger partial charge in [-0.15, -0.1) is 0 Å². The van der Waals surface area contributed by atoms with E-state index < -0.39 is 90.5 Å². The average molecular weight is 2150 g/mol. The van der Waals surface area contributed by atoms with Crippen molar-refractivity contribution in [1.82, 2.24) is 54.3 Å². The normalized spacial score (nSPS) is 16.6. The summed E-state index contributed by atoms with van der Waals surface area (Å²) in [7, 11) is -6.94. The van der Waals surface area contributed by atoms with Crippen molar-refractivity contribution >= 4 is 91.2 Å². The van der Waals surface area contributed by atoms with Gasteiger partial charge in [0.2, 0.25) is 0 Å². The molecule has 41 heteroatoms. The first-order valence-corrected chi connectivity index (χ1v) is 51.9. The molecule has 2 N–H and O–H groups in total. The fraction of sp³-hybridized carbons (Fsp3) is 0.476. The van der Waals surface area contributed by atoms with E-state index in [1.807, 2.05) is 226 Å². The Morgan fingerprint density at radius 3 is 1.07 bits per heavy atom. The van der Waals surface area contributed by atoms with Crippen molar-refractivity contribution in [2.45, 2.75) is 222 Å². The Kier molecular flexibility index (Phi) is 42.9. The number of likely N-dealkylation sites (tertiary alicyclic amines) is 5. The highest BCUT2D eigenvalue weighted by molar-refractivity contribution is 14.1. The Morgan fingerprint density at radius 1 is 0.410 bits per heavy atom. The van der Waals surface area contributed by atoms with E-state index in [0.29, 0.717) is 140 Å². The number of hydrogen-bond donors (Lipinski definition) is 2. The van der Waals surface area contributed by atoms with Gasteiger partial charge in [-0.1, -0.05) is 54.6 Å². The first-order chi connectivity index (χ1) is 67.6. The largest absolute Gasteiger partial charge is 0.461 e. The number of halogens is 1. The fourth-order valence-corrected chi connectivity index (χ4v) is 16.5. The number of ether oxygens (including phenoxy) is 11. The second-order valence-corrected chi connectivity index (χ2v) is 42.8. The Labute approximate surface area is 856 Å². The highest BCUT2D eigenvalue weighted by Crippen LogP contribution is 2.37. The minimum atomic E-state index is -3.47. The third kappa shape index (κ3) is 39.7. The minimum Gasteiger partial charge on any atom is -0.461 e. The number of para-hydroxylation sites is 3. The number of carbonyl (C=O) groups excluding carboxylic acids is 8. The summed E-state index contributed by atoms with van der Waals surface area (Å²) in [5.41, 5.74) is 3.00. The lowest BCUT2D eigenvalue weighted by Gasteiger charge is -2.24. The Hall–Kier alpha value is -12.9. The number of H-pyrrole nitrogens is 1. The van der Waals surface area contributed by atoms with Crippen LogP contribution in [0, 0.1) is 14.9 Å². The first-order valence-electron chi connectivity index (χ1n) is 47.2.